The van der Waals surface area contributed by atoms with Gasteiger partial charge in [-0.05, 0) is 49.8 Å². The van der Waals surface area contributed by atoms with E-state index in [1.807, 2.05) is 13.8 Å². The number of aryl methyl sites for hydroxylation is 1. The van der Waals surface area contributed by atoms with Crippen LogP contribution in [-0.4, -0.2) is 36.4 Å². The molecule has 1 aliphatic rings. The largest absolute Gasteiger partial charge is 0.490 e. The van der Waals surface area contributed by atoms with Gasteiger partial charge in [-0.2, -0.15) is 0 Å². The van der Waals surface area contributed by atoms with Gasteiger partial charge in [0.05, 0.1) is 18.9 Å². The van der Waals surface area contributed by atoms with Gasteiger partial charge < -0.3 is 9.47 Å². The number of amides is 4. The van der Waals surface area contributed by atoms with E-state index in [4.69, 9.17) is 9.47 Å². The molecule has 1 N–H and O–H groups in total. The molecule has 2 aromatic rings. The Morgan fingerprint density at radius 2 is 1.77 bits per heavy atom. The summed E-state index contributed by atoms with van der Waals surface area (Å²) in [5.74, 6) is -0.367. The Balaban J connectivity index is 1.95. The van der Waals surface area contributed by atoms with Crippen LogP contribution in [0.2, 0.25) is 0 Å². The number of nitrogens with one attached hydrogen (secondary N) is 1. The fourth-order valence-corrected chi connectivity index (χ4v) is 3.06. The lowest BCUT2D eigenvalue weighted by Gasteiger charge is -2.26. The first-order valence-corrected chi connectivity index (χ1v) is 10.5. The van der Waals surface area contributed by atoms with Crippen LogP contribution in [-0.2, 0) is 9.59 Å². The van der Waals surface area contributed by atoms with Crippen molar-refractivity contribution < 1.29 is 23.9 Å². The zero-order chi connectivity index (χ0) is 21.7. The fourth-order valence-electron chi connectivity index (χ4n) is 2.90. The number of carbonyl (C=O) groups is 3. The maximum Gasteiger partial charge on any atom is 0.335 e. The van der Waals surface area contributed by atoms with E-state index in [0.717, 1.165) is 10.5 Å². The van der Waals surface area contributed by atoms with Gasteiger partial charge in [-0.15, -0.1) is 0 Å². The Bertz CT molecular complexity index is 1000. The van der Waals surface area contributed by atoms with Crippen LogP contribution in [0.15, 0.2) is 48.0 Å². The maximum absolute atomic E-state index is 13.0. The molecule has 0 aromatic heterocycles. The number of alkyl halides is 1. The predicted octanol–water partition coefficient (Wildman–Crippen LogP) is 3.83. The lowest BCUT2D eigenvalue weighted by atomic mass is 10.1. The number of anilines is 1. The number of hydrogen-bond acceptors (Lipinski definition) is 5. The summed E-state index contributed by atoms with van der Waals surface area (Å²) in [5.41, 5.74) is 1.80. The molecule has 30 heavy (non-hydrogen) atoms. The molecule has 1 saturated heterocycles. The molecule has 0 unspecified atom stereocenters. The van der Waals surface area contributed by atoms with E-state index in [1.165, 1.54) is 6.08 Å². The highest BCUT2D eigenvalue weighted by atomic mass is 79.9. The molecular weight excluding hydrogens is 452 g/mol. The molecule has 0 aliphatic carbocycles. The van der Waals surface area contributed by atoms with Crippen LogP contribution in [0.5, 0.6) is 11.5 Å². The van der Waals surface area contributed by atoms with Crippen LogP contribution in [0.25, 0.3) is 6.08 Å². The molecule has 0 spiro atoms. The number of imide groups is 2. The van der Waals surface area contributed by atoms with Crippen molar-refractivity contribution in [3.63, 3.8) is 0 Å². The molecule has 1 aliphatic heterocycles. The summed E-state index contributed by atoms with van der Waals surface area (Å²) >= 11 is 3.31. The smallest absolute Gasteiger partial charge is 0.335 e. The number of barbiturate groups is 1. The molecule has 7 nitrogen and oxygen atoms in total. The number of ether oxygens (including phenoxy) is 2. The first-order chi connectivity index (χ1) is 14.4. The molecular formula is C22H21BrN2O5. The zero-order valence-electron chi connectivity index (χ0n) is 16.6. The lowest BCUT2D eigenvalue weighted by Crippen LogP contribution is -2.54. The normalized spacial score (nSPS) is 15.4. The van der Waals surface area contributed by atoms with Crippen molar-refractivity contribution in [3.8, 4) is 11.5 Å². The minimum atomic E-state index is -0.778. The van der Waals surface area contributed by atoms with Crippen molar-refractivity contribution >= 4 is 45.5 Å². The Hall–Kier alpha value is -3.13. The lowest BCUT2D eigenvalue weighted by molar-refractivity contribution is -0.122. The van der Waals surface area contributed by atoms with Gasteiger partial charge in [-0.25, -0.2) is 9.69 Å². The van der Waals surface area contributed by atoms with E-state index < -0.39 is 17.8 Å². The quantitative estimate of drug-likeness (QED) is 0.376. The van der Waals surface area contributed by atoms with Crippen molar-refractivity contribution in [1.29, 1.82) is 0 Å². The SMILES string of the molecule is CCOc1cc(/C=C2\C(=O)NC(=O)N(c3ccc(C)cc3)C2=O)ccc1OCCBr. The first kappa shape index (κ1) is 21.6. The number of hydrogen-bond donors (Lipinski definition) is 1. The van der Waals surface area contributed by atoms with Crippen molar-refractivity contribution in [2.45, 2.75) is 13.8 Å². The molecule has 3 rings (SSSR count). The number of rotatable bonds is 7. The number of benzene rings is 2. The van der Waals surface area contributed by atoms with Crippen LogP contribution in [0.4, 0.5) is 10.5 Å². The Morgan fingerprint density at radius 1 is 1.03 bits per heavy atom. The summed E-state index contributed by atoms with van der Waals surface area (Å²) in [6.45, 7) is 4.65. The van der Waals surface area contributed by atoms with Crippen molar-refractivity contribution in [3.05, 3.63) is 59.2 Å². The summed E-state index contributed by atoms with van der Waals surface area (Å²) in [4.78, 5) is 38.6. The van der Waals surface area contributed by atoms with E-state index in [0.29, 0.717) is 41.3 Å². The van der Waals surface area contributed by atoms with Gasteiger partial charge in [-0.1, -0.05) is 39.7 Å². The number of nitrogens with zero attached hydrogens (tertiary/aromatic N) is 1. The van der Waals surface area contributed by atoms with Crippen LogP contribution in [0.3, 0.4) is 0 Å². The van der Waals surface area contributed by atoms with Gasteiger partial charge in [0.25, 0.3) is 11.8 Å². The minimum Gasteiger partial charge on any atom is -0.490 e. The third-order valence-electron chi connectivity index (χ3n) is 4.31. The third kappa shape index (κ3) is 4.71. The van der Waals surface area contributed by atoms with E-state index in [-0.39, 0.29) is 5.57 Å². The molecule has 4 amide bonds. The standard InChI is InChI=1S/C22H21BrN2O5/c1-3-29-19-13-15(6-9-18(19)30-11-10-23)12-17-20(26)24-22(28)25(21(17)27)16-7-4-14(2)5-8-16/h4-9,12-13H,3,10-11H2,1-2H3,(H,24,26,28)/b17-12+. The highest BCUT2D eigenvalue weighted by Gasteiger charge is 2.36. The second kappa shape index (κ2) is 9.58. The molecule has 0 radical (unpaired) electrons. The maximum atomic E-state index is 13.0. The van der Waals surface area contributed by atoms with Crippen molar-refractivity contribution in [1.82, 2.24) is 5.32 Å². The summed E-state index contributed by atoms with van der Waals surface area (Å²) in [6, 6.07) is 11.2. The Morgan fingerprint density at radius 3 is 2.43 bits per heavy atom. The van der Waals surface area contributed by atoms with E-state index in [1.54, 1.807) is 42.5 Å². The topological polar surface area (TPSA) is 84.9 Å². The average Bonchev–Trinajstić information content (AvgIpc) is 2.72. The van der Waals surface area contributed by atoms with Crippen molar-refractivity contribution in [2.75, 3.05) is 23.4 Å². The summed E-state index contributed by atoms with van der Waals surface area (Å²) in [5, 5.41) is 2.89. The fraction of sp³-hybridized carbons (Fsp3) is 0.227. The van der Waals surface area contributed by atoms with Gasteiger partial charge >= 0.3 is 6.03 Å². The number of urea groups is 1. The number of halogens is 1. The second-order valence-corrected chi connectivity index (χ2v) is 7.26. The first-order valence-electron chi connectivity index (χ1n) is 9.38. The van der Waals surface area contributed by atoms with Gasteiger partial charge in [0, 0.05) is 5.33 Å². The molecule has 1 heterocycles. The van der Waals surface area contributed by atoms with E-state index >= 15 is 0 Å². The van der Waals surface area contributed by atoms with Gasteiger partial charge in [0.2, 0.25) is 0 Å². The Labute approximate surface area is 182 Å². The molecule has 2 aromatic carbocycles. The minimum absolute atomic E-state index is 0.147. The van der Waals surface area contributed by atoms with E-state index in [9.17, 15) is 14.4 Å². The monoisotopic (exact) mass is 472 g/mol. The molecule has 0 bridgehead atoms. The number of carbonyl (C=O) groups excluding carboxylic acids is 3. The predicted molar refractivity (Wildman–Crippen MR) is 117 cm³/mol. The zero-order valence-corrected chi connectivity index (χ0v) is 18.2. The van der Waals surface area contributed by atoms with Crippen LogP contribution in [0, 0.1) is 6.92 Å². The molecule has 0 atom stereocenters. The molecule has 1 fully saturated rings. The van der Waals surface area contributed by atoms with Crippen LogP contribution >= 0.6 is 15.9 Å². The Kier molecular flexibility index (Phi) is 6.89. The summed E-state index contributed by atoms with van der Waals surface area (Å²) in [7, 11) is 0. The second-order valence-electron chi connectivity index (χ2n) is 6.47. The van der Waals surface area contributed by atoms with E-state index in [2.05, 4.69) is 21.2 Å². The third-order valence-corrected chi connectivity index (χ3v) is 4.63. The van der Waals surface area contributed by atoms with Crippen LogP contribution < -0.4 is 19.7 Å². The highest BCUT2D eigenvalue weighted by Crippen LogP contribution is 2.30. The highest BCUT2D eigenvalue weighted by molar-refractivity contribution is 9.09. The average molecular weight is 473 g/mol. The van der Waals surface area contributed by atoms with Gasteiger partial charge in [0.1, 0.15) is 5.57 Å². The van der Waals surface area contributed by atoms with Crippen molar-refractivity contribution in [2.24, 2.45) is 0 Å². The van der Waals surface area contributed by atoms with Crippen LogP contribution in [0.1, 0.15) is 18.1 Å². The van der Waals surface area contributed by atoms with Gasteiger partial charge in [0.15, 0.2) is 11.5 Å². The molecule has 156 valence electrons. The summed E-state index contributed by atoms with van der Waals surface area (Å²) < 4.78 is 11.2. The molecule has 0 saturated carbocycles. The molecule has 8 heteroatoms. The van der Waals surface area contributed by atoms with Gasteiger partial charge in [-0.3, -0.25) is 14.9 Å². The summed E-state index contributed by atoms with van der Waals surface area (Å²) in [6.07, 6.45) is 1.43.